The lowest BCUT2D eigenvalue weighted by molar-refractivity contribution is -0.121. The molecular formula is C16H22N4O3. The standard InChI is InChI=1S/C16H22N4O3/c1-9(2)19-16(3,4)14(23)18-15-17-11-8-10(13(21)22)6-7-12(11)20(15)5/h6-9,19H,1-5H3,(H,21,22)(H,17,18,23). The van der Waals surface area contributed by atoms with Gasteiger partial charge in [-0.15, -0.1) is 0 Å². The zero-order chi connectivity index (χ0) is 17.4. The van der Waals surface area contributed by atoms with Gasteiger partial charge in [-0.25, -0.2) is 9.78 Å². The fourth-order valence-corrected chi connectivity index (χ4v) is 2.49. The van der Waals surface area contributed by atoms with Gasteiger partial charge >= 0.3 is 5.97 Å². The van der Waals surface area contributed by atoms with Gasteiger partial charge in [0.15, 0.2) is 0 Å². The molecule has 7 nitrogen and oxygen atoms in total. The van der Waals surface area contributed by atoms with Crippen molar-refractivity contribution >= 4 is 28.9 Å². The van der Waals surface area contributed by atoms with Crippen LogP contribution in [0.1, 0.15) is 38.1 Å². The molecule has 0 aliphatic rings. The Morgan fingerprint density at radius 1 is 1.30 bits per heavy atom. The molecule has 2 aromatic rings. The Labute approximate surface area is 134 Å². The van der Waals surface area contributed by atoms with Crippen molar-refractivity contribution < 1.29 is 14.7 Å². The highest BCUT2D eigenvalue weighted by molar-refractivity contribution is 5.98. The number of aromatic carboxylic acids is 1. The van der Waals surface area contributed by atoms with Crippen LogP contribution in [0.5, 0.6) is 0 Å². The van der Waals surface area contributed by atoms with Crippen LogP contribution in [-0.4, -0.2) is 38.1 Å². The smallest absolute Gasteiger partial charge is 0.335 e. The highest BCUT2D eigenvalue weighted by Crippen LogP contribution is 2.20. The third-order valence-corrected chi connectivity index (χ3v) is 3.57. The predicted molar refractivity (Wildman–Crippen MR) is 88.7 cm³/mol. The molecule has 0 radical (unpaired) electrons. The van der Waals surface area contributed by atoms with Crippen LogP contribution in [0.2, 0.25) is 0 Å². The van der Waals surface area contributed by atoms with Gasteiger partial charge in [-0.2, -0.15) is 0 Å². The van der Waals surface area contributed by atoms with Crippen molar-refractivity contribution in [3.8, 4) is 0 Å². The lowest BCUT2D eigenvalue weighted by Crippen LogP contribution is -2.52. The first-order chi connectivity index (χ1) is 10.6. The van der Waals surface area contributed by atoms with Gasteiger partial charge in [0.05, 0.1) is 22.1 Å². The van der Waals surface area contributed by atoms with E-state index in [1.165, 1.54) is 12.1 Å². The molecule has 0 aliphatic carbocycles. The van der Waals surface area contributed by atoms with Gasteiger partial charge in [-0.1, -0.05) is 0 Å². The fraction of sp³-hybridized carbons (Fsp3) is 0.438. The first-order valence-corrected chi connectivity index (χ1v) is 7.40. The molecule has 0 aliphatic heterocycles. The fourth-order valence-electron chi connectivity index (χ4n) is 2.49. The minimum atomic E-state index is -1.01. The number of carbonyl (C=O) groups excluding carboxylic acids is 1. The number of fused-ring (bicyclic) bond motifs is 1. The van der Waals surface area contributed by atoms with E-state index in [1.807, 2.05) is 13.8 Å². The van der Waals surface area contributed by atoms with Gasteiger partial charge in [-0.05, 0) is 45.9 Å². The first kappa shape index (κ1) is 17.0. The molecule has 124 valence electrons. The number of hydrogen-bond acceptors (Lipinski definition) is 4. The molecule has 1 aromatic heterocycles. The van der Waals surface area contributed by atoms with E-state index in [1.54, 1.807) is 31.5 Å². The molecule has 1 aromatic carbocycles. The number of aromatic nitrogens is 2. The third kappa shape index (κ3) is 3.50. The van der Waals surface area contributed by atoms with Gasteiger partial charge < -0.3 is 15.0 Å². The number of anilines is 1. The van der Waals surface area contributed by atoms with Crippen LogP contribution in [0.25, 0.3) is 11.0 Å². The number of hydrogen-bond donors (Lipinski definition) is 3. The SMILES string of the molecule is CC(C)NC(C)(C)C(=O)Nc1nc2cc(C(=O)O)ccc2n1C. The normalized spacial score (nSPS) is 11.9. The van der Waals surface area contributed by atoms with Crippen molar-refractivity contribution in [2.24, 2.45) is 7.05 Å². The summed E-state index contributed by atoms with van der Waals surface area (Å²) in [4.78, 5) is 27.8. The second-order valence-corrected chi connectivity index (χ2v) is 6.38. The summed E-state index contributed by atoms with van der Waals surface area (Å²) in [5, 5.41) is 15.0. The van der Waals surface area contributed by atoms with E-state index in [0.29, 0.717) is 11.5 Å². The molecule has 0 bridgehead atoms. The van der Waals surface area contributed by atoms with Crippen LogP contribution in [0, 0.1) is 0 Å². The van der Waals surface area contributed by atoms with Gasteiger partial charge in [0.1, 0.15) is 0 Å². The highest BCUT2D eigenvalue weighted by atomic mass is 16.4. The second-order valence-electron chi connectivity index (χ2n) is 6.38. The number of amides is 1. The van der Waals surface area contributed by atoms with Crippen molar-refractivity contribution in [1.82, 2.24) is 14.9 Å². The number of aryl methyl sites for hydroxylation is 1. The molecular weight excluding hydrogens is 296 g/mol. The van der Waals surface area contributed by atoms with Crippen LogP contribution >= 0.6 is 0 Å². The summed E-state index contributed by atoms with van der Waals surface area (Å²) in [7, 11) is 1.77. The third-order valence-electron chi connectivity index (χ3n) is 3.57. The average molecular weight is 318 g/mol. The number of carboxylic acid groups (broad SMARTS) is 1. The van der Waals surface area contributed by atoms with Gasteiger partial charge in [0, 0.05) is 13.1 Å². The molecule has 0 saturated heterocycles. The van der Waals surface area contributed by atoms with Gasteiger partial charge in [0.25, 0.3) is 0 Å². The molecule has 1 amide bonds. The molecule has 0 unspecified atom stereocenters. The van der Waals surface area contributed by atoms with Crippen molar-refractivity contribution in [2.75, 3.05) is 5.32 Å². The van der Waals surface area contributed by atoms with E-state index in [9.17, 15) is 9.59 Å². The topological polar surface area (TPSA) is 96.2 Å². The van der Waals surface area contributed by atoms with Crippen LogP contribution in [0.4, 0.5) is 5.95 Å². The Balaban J connectivity index is 2.32. The summed E-state index contributed by atoms with van der Waals surface area (Å²) in [5.74, 6) is -0.834. The lowest BCUT2D eigenvalue weighted by atomic mass is 10.0. The van der Waals surface area contributed by atoms with Crippen molar-refractivity contribution in [2.45, 2.75) is 39.3 Å². The highest BCUT2D eigenvalue weighted by Gasteiger charge is 2.29. The van der Waals surface area contributed by atoms with Crippen molar-refractivity contribution in [3.05, 3.63) is 23.8 Å². The monoisotopic (exact) mass is 318 g/mol. The van der Waals surface area contributed by atoms with E-state index < -0.39 is 11.5 Å². The zero-order valence-corrected chi connectivity index (χ0v) is 14.0. The number of carboxylic acids is 1. The molecule has 0 fully saturated rings. The quantitative estimate of drug-likeness (QED) is 0.783. The molecule has 2 rings (SSSR count). The maximum absolute atomic E-state index is 12.5. The molecule has 7 heteroatoms. The summed E-state index contributed by atoms with van der Waals surface area (Å²) >= 11 is 0. The molecule has 0 atom stereocenters. The van der Waals surface area contributed by atoms with E-state index >= 15 is 0 Å². The number of carbonyl (C=O) groups is 2. The van der Waals surface area contributed by atoms with E-state index in [2.05, 4.69) is 15.6 Å². The van der Waals surface area contributed by atoms with Crippen molar-refractivity contribution in [3.63, 3.8) is 0 Å². The van der Waals surface area contributed by atoms with Crippen LogP contribution in [0.3, 0.4) is 0 Å². The van der Waals surface area contributed by atoms with Crippen LogP contribution < -0.4 is 10.6 Å². The largest absolute Gasteiger partial charge is 0.478 e. The summed E-state index contributed by atoms with van der Waals surface area (Å²) < 4.78 is 1.73. The average Bonchev–Trinajstić information content (AvgIpc) is 2.73. The Morgan fingerprint density at radius 2 is 1.96 bits per heavy atom. The Morgan fingerprint density at radius 3 is 2.52 bits per heavy atom. The summed E-state index contributed by atoms with van der Waals surface area (Å²) in [6.45, 7) is 7.54. The summed E-state index contributed by atoms with van der Waals surface area (Å²) in [6.07, 6.45) is 0. The molecule has 0 spiro atoms. The summed E-state index contributed by atoms with van der Waals surface area (Å²) in [5.41, 5.74) is 0.686. The van der Waals surface area contributed by atoms with E-state index in [4.69, 9.17) is 5.11 Å². The molecule has 3 N–H and O–H groups in total. The number of benzene rings is 1. The minimum Gasteiger partial charge on any atom is -0.478 e. The maximum Gasteiger partial charge on any atom is 0.335 e. The summed E-state index contributed by atoms with van der Waals surface area (Å²) in [6, 6.07) is 4.85. The maximum atomic E-state index is 12.5. The number of nitrogens with zero attached hydrogens (tertiary/aromatic N) is 2. The van der Waals surface area contributed by atoms with Crippen LogP contribution in [0.15, 0.2) is 18.2 Å². The second kappa shape index (κ2) is 6.00. The number of nitrogens with one attached hydrogen (secondary N) is 2. The lowest BCUT2D eigenvalue weighted by Gasteiger charge is -2.27. The van der Waals surface area contributed by atoms with Crippen LogP contribution in [-0.2, 0) is 11.8 Å². The molecule has 1 heterocycles. The Hall–Kier alpha value is -2.41. The number of imidazole rings is 1. The predicted octanol–water partition coefficient (Wildman–Crippen LogP) is 1.99. The zero-order valence-electron chi connectivity index (χ0n) is 14.0. The number of rotatable bonds is 5. The Kier molecular flexibility index (Phi) is 4.42. The molecule has 0 saturated carbocycles. The molecule has 23 heavy (non-hydrogen) atoms. The van der Waals surface area contributed by atoms with Crippen molar-refractivity contribution in [1.29, 1.82) is 0 Å². The Bertz CT molecular complexity index is 762. The van der Waals surface area contributed by atoms with Gasteiger partial charge in [0.2, 0.25) is 11.9 Å². The minimum absolute atomic E-state index is 0.161. The van der Waals surface area contributed by atoms with E-state index in [-0.39, 0.29) is 17.5 Å². The van der Waals surface area contributed by atoms with E-state index in [0.717, 1.165) is 5.52 Å². The van der Waals surface area contributed by atoms with Gasteiger partial charge in [-0.3, -0.25) is 10.1 Å². The first-order valence-electron chi connectivity index (χ1n) is 7.40.